The van der Waals surface area contributed by atoms with Gasteiger partial charge in [0.25, 0.3) is 5.91 Å². The van der Waals surface area contributed by atoms with Crippen LogP contribution in [0, 0.1) is 0 Å². The molecule has 92 valence electrons. The molecule has 0 fully saturated rings. The van der Waals surface area contributed by atoms with E-state index in [1.165, 1.54) is 4.90 Å². The number of hydrogen-bond donors (Lipinski definition) is 2. The predicted molar refractivity (Wildman–Crippen MR) is 65.4 cm³/mol. The van der Waals surface area contributed by atoms with E-state index in [0.29, 0.717) is 12.1 Å². The van der Waals surface area contributed by atoms with Crippen molar-refractivity contribution in [1.29, 1.82) is 0 Å². The molecule has 0 aromatic heterocycles. The second-order valence-corrected chi connectivity index (χ2v) is 3.88. The highest BCUT2D eigenvalue weighted by Crippen LogP contribution is 2.04. The Labute approximate surface area is 101 Å². The fraction of sp³-hybridized carbons (Fsp3) is 0.333. The molecule has 0 saturated carbocycles. The average Bonchev–Trinajstić information content (AvgIpc) is 2.35. The van der Waals surface area contributed by atoms with Crippen LogP contribution in [0.15, 0.2) is 24.3 Å². The molecule has 0 aliphatic heterocycles. The topological polar surface area (TPSA) is 75.4 Å². The van der Waals surface area contributed by atoms with Gasteiger partial charge in [0.1, 0.15) is 0 Å². The highest BCUT2D eigenvalue weighted by Gasteiger charge is 2.09. The van der Waals surface area contributed by atoms with Gasteiger partial charge in [-0.3, -0.25) is 9.59 Å². The first kappa shape index (κ1) is 13.2. The number of hydrogen-bond acceptors (Lipinski definition) is 3. The molecule has 1 rings (SSSR count). The van der Waals surface area contributed by atoms with E-state index in [4.69, 9.17) is 5.73 Å². The molecule has 0 heterocycles. The van der Waals surface area contributed by atoms with Gasteiger partial charge in [-0.05, 0) is 17.7 Å². The smallest absolute Gasteiger partial charge is 0.251 e. The van der Waals surface area contributed by atoms with Gasteiger partial charge in [-0.1, -0.05) is 12.1 Å². The van der Waals surface area contributed by atoms with Gasteiger partial charge in [0.15, 0.2) is 0 Å². The number of nitrogens with zero attached hydrogens (tertiary/aromatic N) is 1. The summed E-state index contributed by atoms with van der Waals surface area (Å²) in [5.74, 6) is -0.413. The van der Waals surface area contributed by atoms with Crippen LogP contribution in [0.1, 0.15) is 15.9 Å². The summed E-state index contributed by atoms with van der Waals surface area (Å²) in [6, 6.07) is 7.02. The standard InChI is InChI=1S/C12H17N3O2/c1-15(2)11(16)8-14-12(17)10-5-3-4-9(6-10)7-13/h3-6H,7-8,13H2,1-2H3,(H,14,17). The van der Waals surface area contributed by atoms with Crippen LogP contribution in [-0.4, -0.2) is 37.4 Å². The minimum Gasteiger partial charge on any atom is -0.347 e. The first-order valence-corrected chi connectivity index (χ1v) is 5.32. The quantitative estimate of drug-likeness (QED) is 0.769. The Morgan fingerprint density at radius 2 is 2.06 bits per heavy atom. The number of amides is 2. The van der Waals surface area contributed by atoms with E-state index >= 15 is 0 Å². The summed E-state index contributed by atoms with van der Waals surface area (Å²) < 4.78 is 0. The molecule has 0 unspecified atom stereocenters. The van der Waals surface area contributed by atoms with Crippen molar-refractivity contribution in [3.8, 4) is 0 Å². The summed E-state index contributed by atoms with van der Waals surface area (Å²) in [5.41, 5.74) is 6.89. The number of rotatable bonds is 4. The highest BCUT2D eigenvalue weighted by atomic mass is 16.2. The lowest BCUT2D eigenvalue weighted by molar-refractivity contribution is -0.127. The number of nitrogens with two attached hydrogens (primary N) is 1. The van der Waals surface area contributed by atoms with E-state index in [0.717, 1.165) is 5.56 Å². The third-order valence-corrected chi connectivity index (χ3v) is 2.32. The van der Waals surface area contributed by atoms with E-state index in [-0.39, 0.29) is 18.4 Å². The Bertz CT molecular complexity index is 416. The highest BCUT2D eigenvalue weighted by molar-refractivity contribution is 5.96. The van der Waals surface area contributed by atoms with E-state index in [9.17, 15) is 9.59 Å². The lowest BCUT2D eigenvalue weighted by atomic mass is 10.1. The van der Waals surface area contributed by atoms with Gasteiger partial charge in [-0.15, -0.1) is 0 Å². The molecule has 17 heavy (non-hydrogen) atoms. The van der Waals surface area contributed by atoms with Crippen molar-refractivity contribution in [3.05, 3.63) is 35.4 Å². The molecule has 0 radical (unpaired) electrons. The number of carbonyl (C=O) groups is 2. The molecule has 1 aromatic rings. The van der Waals surface area contributed by atoms with Crippen molar-refractivity contribution in [2.75, 3.05) is 20.6 Å². The number of likely N-dealkylation sites (N-methyl/N-ethyl adjacent to an activating group) is 1. The Morgan fingerprint density at radius 3 is 2.65 bits per heavy atom. The van der Waals surface area contributed by atoms with Crippen molar-refractivity contribution in [2.45, 2.75) is 6.54 Å². The maximum absolute atomic E-state index is 11.7. The Morgan fingerprint density at radius 1 is 1.35 bits per heavy atom. The molecule has 0 atom stereocenters. The molecule has 5 nitrogen and oxygen atoms in total. The zero-order valence-corrected chi connectivity index (χ0v) is 10.1. The summed E-state index contributed by atoms with van der Waals surface area (Å²) >= 11 is 0. The maximum Gasteiger partial charge on any atom is 0.251 e. The molecule has 0 aliphatic carbocycles. The van der Waals surface area contributed by atoms with E-state index in [1.807, 2.05) is 6.07 Å². The summed E-state index contributed by atoms with van der Waals surface area (Å²) in [7, 11) is 3.28. The van der Waals surface area contributed by atoms with Crippen LogP contribution in [0.3, 0.4) is 0 Å². The SMILES string of the molecule is CN(C)C(=O)CNC(=O)c1cccc(CN)c1. The van der Waals surface area contributed by atoms with E-state index in [2.05, 4.69) is 5.32 Å². The third-order valence-electron chi connectivity index (χ3n) is 2.32. The first-order chi connectivity index (χ1) is 8.04. The van der Waals surface area contributed by atoms with E-state index in [1.54, 1.807) is 32.3 Å². The normalized spacial score (nSPS) is 9.82. The Kier molecular flexibility index (Phi) is 4.66. The summed E-state index contributed by atoms with van der Waals surface area (Å²) in [5, 5.41) is 2.56. The van der Waals surface area contributed by atoms with Gasteiger partial charge in [-0.25, -0.2) is 0 Å². The van der Waals surface area contributed by atoms with Crippen LogP contribution >= 0.6 is 0 Å². The minimum absolute atomic E-state index is 0.00130. The molecule has 1 aromatic carbocycles. The van der Waals surface area contributed by atoms with Crippen LogP contribution in [0.2, 0.25) is 0 Å². The van der Waals surface area contributed by atoms with Crippen LogP contribution in [-0.2, 0) is 11.3 Å². The molecule has 0 spiro atoms. The summed E-state index contributed by atoms with van der Waals surface area (Å²) in [6.45, 7) is 0.385. The van der Waals surface area contributed by atoms with Crippen LogP contribution in [0.5, 0.6) is 0 Å². The molecular weight excluding hydrogens is 218 g/mol. The molecule has 3 N–H and O–H groups in total. The minimum atomic E-state index is -0.268. The molecular formula is C12H17N3O2. The zero-order valence-electron chi connectivity index (χ0n) is 10.1. The van der Waals surface area contributed by atoms with Gasteiger partial charge in [-0.2, -0.15) is 0 Å². The van der Waals surface area contributed by atoms with Gasteiger partial charge < -0.3 is 16.0 Å². The molecule has 0 bridgehead atoms. The maximum atomic E-state index is 11.7. The fourth-order valence-corrected chi connectivity index (χ4v) is 1.26. The van der Waals surface area contributed by atoms with Crippen molar-refractivity contribution < 1.29 is 9.59 Å². The summed E-state index contributed by atoms with van der Waals surface area (Å²) in [6.07, 6.45) is 0. The number of benzene rings is 1. The average molecular weight is 235 g/mol. The lowest BCUT2D eigenvalue weighted by Gasteiger charge is -2.11. The van der Waals surface area contributed by atoms with Crippen molar-refractivity contribution in [3.63, 3.8) is 0 Å². The zero-order chi connectivity index (χ0) is 12.8. The Hall–Kier alpha value is -1.88. The van der Waals surface area contributed by atoms with Crippen molar-refractivity contribution in [1.82, 2.24) is 10.2 Å². The Balaban J connectivity index is 2.61. The predicted octanol–water partition coefficient (Wildman–Crippen LogP) is -0.0367. The first-order valence-electron chi connectivity index (χ1n) is 5.32. The van der Waals surface area contributed by atoms with Gasteiger partial charge in [0, 0.05) is 26.2 Å². The van der Waals surface area contributed by atoms with Gasteiger partial charge >= 0.3 is 0 Å². The van der Waals surface area contributed by atoms with Gasteiger partial charge in [0.05, 0.1) is 6.54 Å². The second kappa shape index (κ2) is 6.00. The molecule has 2 amide bonds. The number of nitrogens with one attached hydrogen (secondary N) is 1. The molecule has 0 saturated heterocycles. The van der Waals surface area contributed by atoms with Crippen LogP contribution in [0.4, 0.5) is 0 Å². The number of carbonyl (C=O) groups excluding carboxylic acids is 2. The van der Waals surface area contributed by atoms with Gasteiger partial charge in [0.2, 0.25) is 5.91 Å². The summed E-state index contributed by atoms with van der Waals surface area (Å²) in [4.78, 5) is 24.4. The fourth-order valence-electron chi connectivity index (χ4n) is 1.26. The van der Waals surface area contributed by atoms with Crippen LogP contribution in [0.25, 0.3) is 0 Å². The second-order valence-electron chi connectivity index (χ2n) is 3.88. The largest absolute Gasteiger partial charge is 0.347 e. The monoisotopic (exact) mass is 235 g/mol. The van der Waals surface area contributed by atoms with Crippen molar-refractivity contribution in [2.24, 2.45) is 5.73 Å². The van der Waals surface area contributed by atoms with Crippen molar-refractivity contribution >= 4 is 11.8 Å². The van der Waals surface area contributed by atoms with Crippen LogP contribution < -0.4 is 11.1 Å². The molecule has 5 heteroatoms. The van der Waals surface area contributed by atoms with E-state index < -0.39 is 0 Å². The lowest BCUT2D eigenvalue weighted by Crippen LogP contribution is -2.36. The molecule has 0 aliphatic rings. The third kappa shape index (κ3) is 3.88.